The number of nitrogens with zero attached hydrogens (tertiary/aromatic N) is 5. The average molecular weight is 335 g/mol. The molecular formula is C18H21N7. The fourth-order valence-electron chi connectivity index (χ4n) is 2.56. The Kier molecular flexibility index (Phi) is 4.65. The second-order valence-electron chi connectivity index (χ2n) is 5.66. The Bertz CT molecular complexity index is 924. The predicted octanol–water partition coefficient (Wildman–Crippen LogP) is 2.76. The van der Waals surface area contributed by atoms with Crippen LogP contribution in [0.5, 0.6) is 0 Å². The second-order valence-corrected chi connectivity index (χ2v) is 5.66. The van der Waals surface area contributed by atoms with Crippen molar-refractivity contribution >= 4 is 35.3 Å². The third-order valence-corrected chi connectivity index (χ3v) is 3.82. The van der Waals surface area contributed by atoms with Crippen molar-refractivity contribution in [3.8, 4) is 0 Å². The summed E-state index contributed by atoms with van der Waals surface area (Å²) in [6.07, 6.45) is 7.06. The van der Waals surface area contributed by atoms with E-state index in [0.29, 0.717) is 5.82 Å². The Hall–Kier alpha value is -3.35. The molecular weight excluding hydrogens is 314 g/mol. The summed E-state index contributed by atoms with van der Waals surface area (Å²) >= 11 is 0. The van der Waals surface area contributed by atoms with Gasteiger partial charge in [-0.1, -0.05) is 6.07 Å². The first-order valence-electron chi connectivity index (χ1n) is 7.84. The summed E-state index contributed by atoms with van der Waals surface area (Å²) in [5, 5.41) is 6.45. The zero-order chi connectivity index (χ0) is 17.8. The molecule has 0 aliphatic rings. The van der Waals surface area contributed by atoms with Crippen LogP contribution in [0.1, 0.15) is 5.69 Å². The van der Waals surface area contributed by atoms with Crippen molar-refractivity contribution in [2.24, 2.45) is 4.99 Å². The molecule has 0 bridgehead atoms. The molecule has 0 fully saturated rings. The van der Waals surface area contributed by atoms with Gasteiger partial charge in [-0.05, 0) is 24.9 Å². The number of imidazole rings is 1. The third kappa shape index (κ3) is 3.30. The number of aliphatic imine (C=N–C) groups is 1. The molecule has 7 heteroatoms. The van der Waals surface area contributed by atoms with Gasteiger partial charge in [0.25, 0.3) is 0 Å². The Morgan fingerprint density at radius 3 is 2.88 bits per heavy atom. The summed E-state index contributed by atoms with van der Waals surface area (Å²) in [6, 6.07) is 8.13. The average Bonchev–Trinajstić information content (AvgIpc) is 3.05. The Labute approximate surface area is 146 Å². The molecule has 0 unspecified atom stereocenters. The molecule has 2 heterocycles. The normalized spacial score (nSPS) is 11.4. The van der Waals surface area contributed by atoms with Crippen LogP contribution in [0, 0.1) is 0 Å². The third-order valence-electron chi connectivity index (χ3n) is 3.82. The van der Waals surface area contributed by atoms with Gasteiger partial charge in [-0.2, -0.15) is 0 Å². The maximum atomic E-state index is 4.51. The number of anilines is 3. The quantitative estimate of drug-likeness (QED) is 0.678. The zero-order valence-corrected chi connectivity index (χ0v) is 14.6. The lowest BCUT2D eigenvalue weighted by atomic mass is 10.2. The topological polar surface area (TPSA) is 69.8 Å². The van der Waals surface area contributed by atoms with Crippen LogP contribution >= 0.6 is 0 Å². The van der Waals surface area contributed by atoms with E-state index in [9.17, 15) is 0 Å². The molecule has 0 saturated heterocycles. The maximum absolute atomic E-state index is 4.51. The van der Waals surface area contributed by atoms with Gasteiger partial charge in [0.2, 0.25) is 0 Å². The summed E-state index contributed by atoms with van der Waals surface area (Å²) in [5.74, 6) is 0.687. The summed E-state index contributed by atoms with van der Waals surface area (Å²) in [5.41, 5.74) is 4.51. The molecule has 0 aliphatic carbocycles. The van der Waals surface area contributed by atoms with Gasteiger partial charge in [-0.15, -0.1) is 0 Å². The van der Waals surface area contributed by atoms with Gasteiger partial charge < -0.3 is 15.5 Å². The van der Waals surface area contributed by atoms with Gasteiger partial charge in [0.15, 0.2) is 11.5 Å². The van der Waals surface area contributed by atoms with Crippen molar-refractivity contribution in [2.75, 3.05) is 31.4 Å². The van der Waals surface area contributed by atoms with Gasteiger partial charge in [0.1, 0.15) is 0 Å². The highest BCUT2D eigenvalue weighted by atomic mass is 15.1. The number of rotatable bonds is 6. The van der Waals surface area contributed by atoms with Gasteiger partial charge in [-0.25, -0.2) is 9.97 Å². The summed E-state index contributed by atoms with van der Waals surface area (Å²) in [6.45, 7) is 3.51. The van der Waals surface area contributed by atoms with E-state index in [0.717, 1.165) is 28.4 Å². The molecule has 0 aliphatic heterocycles. The van der Waals surface area contributed by atoms with Crippen LogP contribution in [0.3, 0.4) is 0 Å². The van der Waals surface area contributed by atoms with E-state index < -0.39 is 0 Å². The van der Waals surface area contributed by atoms with Gasteiger partial charge in [-0.3, -0.25) is 9.39 Å². The van der Waals surface area contributed by atoms with Crippen LogP contribution in [-0.2, 0) is 0 Å². The van der Waals surface area contributed by atoms with E-state index in [1.54, 1.807) is 18.6 Å². The molecule has 3 rings (SSSR count). The first-order chi connectivity index (χ1) is 12.1. The van der Waals surface area contributed by atoms with Crippen LogP contribution in [-0.4, -0.2) is 42.2 Å². The number of nitrogens with one attached hydrogen (secondary N) is 2. The number of fused-ring (bicyclic) bond motifs is 1. The lowest BCUT2D eigenvalue weighted by molar-refractivity contribution is 1.05. The molecule has 128 valence electrons. The highest BCUT2D eigenvalue weighted by molar-refractivity contribution is 5.74. The number of benzene rings is 1. The SMILES string of the molecule is C=N/C=C(\NC)c1cnc2c(Nc3cccc(N(C)C)c3)nccn12. The minimum atomic E-state index is 0.687. The van der Waals surface area contributed by atoms with Crippen LogP contribution in [0.25, 0.3) is 11.3 Å². The van der Waals surface area contributed by atoms with Crippen LogP contribution in [0.4, 0.5) is 17.2 Å². The summed E-state index contributed by atoms with van der Waals surface area (Å²) in [7, 11) is 5.86. The zero-order valence-electron chi connectivity index (χ0n) is 14.6. The summed E-state index contributed by atoms with van der Waals surface area (Å²) in [4.78, 5) is 14.8. The second kappa shape index (κ2) is 7.04. The monoisotopic (exact) mass is 335 g/mol. The van der Waals surface area contributed by atoms with Crippen molar-refractivity contribution < 1.29 is 0 Å². The van der Waals surface area contributed by atoms with Crippen LogP contribution in [0.15, 0.2) is 54.0 Å². The standard InChI is InChI=1S/C18H21N7/c1-19-11-15(20-2)16-12-22-18-17(21-8-9-25(16)18)23-13-6-5-7-14(10-13)24(3)4/h5-12,20H,1H2,2-4H3,(H,21,23)/b15-11-. The van der Waals surface area contributed by atoms with E-state index >= 15 is 0 Å². The molecule has 2 N–H and O–H groups in total. The molecule has 0 radical (unpaired) electrons. The Balaban J connectivity index is 2.01. The minimum Gasteiger partial charge on any atom is -0.385 e. The maximum Gasteiger partial charge on any atom is 0.180 e. The van der Waals surface area contributed by atoms with Crippen molar-refractivity contribution in [1.82, 2.24) is 19.7 Å². The van der Waals surface area contributed by atoms with Crippen molar-refractivity contribution in [3.05, 3.63) is 54.7 Å². The highest BCUT2D eigenvalue weighted by Crippen LogP contribution is 2.24. The van der Waals surface area contributed by atoms with E-state index in [1.165, 1.54) is 0 Å². The fraction of sp³-hybridized carbons (Fsp3) is 0.167. The van der Waals surface area contributed by atoms with E-state index in [4.69, 9.17) is 0 Å². The molecule has 1 aromatic carbocycles. The molecule has 0 atom stereocenters. The fourth-order valence-corrected chi connectivity index (χ4v) is 2.56. The Morgan fingerprint density at radius 2 is 2.16 bits per heavy atom. The van der Waals surface area contributed by atoms with Gasteiger partial charge >= 0.3 is 0 Å². The van der Waals surface area contributed by atoms with Crippen LogP contribution in [0.2, 0.25) is 0 Å². The molecule has 0 amide bonds. The lowest BCUT2D eigenvalue weighted by Crippen LogP contribution is -2.09. The Morgan fingerprint density at radius 1 is 1.32 bits per heavy atom. The first kappa shape index (κ1) is 16.5. The number of hydrogen-bond donors (Lipinski definition) is 2. The van der Waals surface area contributed by atoms with Gasteiger partial charge in [0, 0.05) is 44.9 Å². The molecule has 0 saturated carbocycles. The summed E-state index contributed by atoms with van der Waals surface area (Å²) < 4.78 is 1.96. The van der Waals surface area contributed by atoms with E-state index in [1.807, 2.05) is 43.9 Å². The van der Waals surface area contributed by atoms with Crippen LogP contribution < -0.4 is 15.5 Å². The molecule has 2 aromatic heterocycles. The molecule has 25 heavy (non-hydrogen) atoms. The molecule has 7 nitrogen and oxygen atoms in total. The van der Waals surface area contributed by atoms with Crippen molar-refractivity contribution in [1.29, 1.82) is 0 Å². The van der Waals surface area contributed by atoms with Gasteiger partial charge in [0.05, 0.1) is 23.8 Å². The van der Waals surface area contributed by atoms with Crippen molar-refractivity contribution in [2.45, 2.75) is 0 Å². The van der Waals surface area contributed by atoms with E-state index in [-0.39, 0.29) is 0 Å². The smallest absolute Gasteiger partial charge is 0.180 e. The predicted molar refractivity (Wildman–Crippen MR) is 104 cm³/mol. The van der Waals surface area contributed by atoms with E-state index in [2.05, 4.69) is 49.3 Å². The lowest BCUT2D eigenvalue weighted by Gasteiger charge is -2.14. The highest BCUT2D eigenvalue weighted by Gasteiger charge is 2.11. The molecule has 0 spiro atoms. The van der Waals surface area contributed by atoms with Crippen molar-refractivity contribution in [3.63, 3.8) is 0 Å². The first-order valence-corrected chi connectivity index (χ1v) is 7.84. The largest absolute Gasteiger partial charge is 0.385 e. The molecule has 3 aromatic rings. The minimum absolute atomic E-state index is 0.687. The number of aromatic nitrogens is 3. The number of hydrogen-bond acceptors (Lipinski definition) is 6.